The van der Waals surface area contributed by atoms with Crippen molar-refractivity contribution in [3.05, 3.63) is 24.0 Å². The number of imidazole rings is 1. The van der Waals surface area contributed by atoms with Gasteiger partial charge >= 0.3 is 0 Å². The second kappa shape index (κ2) is 7.70. The van der Waals surface area contributed by atoms with Crippen LogP contribution in [0.5, 0.6) is 0 Å². The van der Waals surface area contributed by atoms with Gasteiger partial charge in [-0.05, 0) is 60.5 Å². The first kappa shape index (κ1) is 18.8. The van der Waals surface area contributed by atoms with Crippen molar-refractivity contribution in [2.75, 3.05) is 19.4 Å². The number of hydrogen-bond donors (Lipinski definition) is 1. The Hall–Kier alpha value is -2.02. The molecule has 142 valence electrons. The van der Waals surface area contributed by atoms with Crippen molar-refractivity contribution in [2.45, 2.75) is 64.6 Å². The molecule has 2 aromatic heterocycles. The maximum atomic E-state index is 14.4. The fraction of sp³-hybridized carbons (Fsp3) is 0.632. The molecule has 0 saturated heterocycles. The molecule has 2 heterocycles. The lowest BCUT2D eigenvalue weighted by Gasteiger charge is -2.33. The summed E-state index contributed by atoms with van der Waals surface area (Å²) in [6.07, 6.45) is 7.38. The third-order valence-corrected chi connectivity index (χ3v) is 5.25. The molecular weight excluding hydrogens is 331 g/mol. The lowest BCUT2D eigenvalue weighted by Crippen LogP contribution is -2.36. The zero-order chi connectivity index (χ0) is 18.8. The van der Waals surface area contributed by atoms with E-state index in [0.717, 1.165) is 31.5 Å². The minimum atomic E-state index is -0.423. The van der Waals surface area contributed by atoms with Crippen LogP contribution in [-0.2, 0) is 0 Å². The summed E-state index contributed by atoms with van der Waals surface area (Å²) in [4.78, 5) is 15.3. The van der Waals surface area contributed by atoms with Crippen LogP contribution in [0.1, 0.15) is 51.4 Å². The van der Waals surface area contributed by atoms with Gasteiger partial charge in [0.2, 0.25) is 5.95 Å². The summed E-state index contributed by atoms with van der Waals surface area (Å²) in [7, 11) is 4.27. The van der Waals surface area contributed by atoms with Crippen molar-refractivity contribution in [1.82, 2.24) is 24.4 Å². The van der Waals surface area contributed by atoms with Crippen molar-refractivity contribution in [3.63, 3.8) is 0 Å². The van der Waals surface area contributed by atoms with Gasteiger partial charge in [-0.3, -0.25) is 0 Å². The van der Waals surface area contributed by atoms with E-state index in [-0.39, 0.29) is 6.04 Å². The SMILES string of the molecule is Cc1ncc(-c2nc(NC3CCC(N(C)C)CC3)ncc2F)n1C(C)C. The molecule has 0 spiro atoms. The molecule has 3 rings (SSSR count). The first-order valence-electron chi connectivity index (χ1n) is 9.36. The van der Waals surface area contributed by atoms with E-state index in [0.29, 0.717) is 29.4 Å². The average Bonchev–Trinajstić information content (AvgIpc) is 2.98. The second-order valence-corrected chi connectivity index (χ2v) is 7.66. The molecule has 0 atom stereocenters. The Morgan fingerprint density at radius 1 is 1.15 bits per heavy atom. The summed E-state index contributed by atoms with van der Waals surface area (Å²) in [5.41, 5.74) is 0.996. The lowest BCUT2D eigenvalue weighted by atomic mass is 9.91. The van der Waals surface area contributed by atoms with Gasteiger partial charge in [0.15, 0.2) is 5.82 Å². The molecule has 26 heavy (non-hydrogen) atoms. The summed E-state index contributed by atoms with van der Waals surface area (Å²) in [6, 6.07) is 1.15. The highest BCUT2D eigenvalue weighted by molar-refractivity contribution is 5.57. The quantitative estimate of drug-likeness (QED) is 0.882. The third-order valence-electron chi connectivity index (χ3n) is 5.25. The predicted molar refractivity (Wildman–Crippen MR) is 102 cm³/mol. The molecule has 2 aromatic rings. The smallest absolute Gasteiger partial charge is 0.223 e. The van der Waals surface area contributed by atoms with Crippen LogP contribution in [0.25, 0.3) is 11.4 Å². The highest BCUT2D eigenvalue weighted by Gasteiger charge is 2.24. The Balaban J connectivity index is 1.79. The molecule has 1 fully saturated rings. The van der Waals surface area contributed by atoms with E-state index in [9.17, 15) is 4.39 Å². The van der Waals surface area contributed by atoms with Gasteiger partial charge in [-0.2, -0.15) is 0 Å². The number of hydrogen-bond acceptors (Lipinski definition) is 5. The van der Waals surface area contributed by atoms with E-state index in [1.54, 1.807) is 6.20 Å². The minimum absolute atomic E-state index is 0.180. The molecule has 0 radical (unpaired) electrons. The largest absolute Gasteiger partial charge is 0.351 e. The Bertz CT molecular complexity index is 746. The van der Waals surface area contributed by atoms with E-state index in [1.807, 2.05) is 11.5 Å². The first-order chi connectivity index (χ1) is 12.4. The van der Waals surface area contributed by atoms with Crippen LogP contribution in [0.4, 0.5) is 10.3 Å². The van der Waals surface area contributed by atoms with Crippen LogP contribution in [0, 0.1) is 12.7 Å². The van der Waals surface area contributed by atoms with Crippen LogP contribution in [0.15, 0.2) is 12.4 Å². The number of aromatic nitrogens is 4. The van der Waals surface area contributed by atoms with Crippen LogP contribution in [0.3, 0.4) is 0 Å². The number of halogens is 1. The maximum absolute atomic E-state index is 14.4. The van der Waals surface area contributed by atoms with Crippen molar-refractivity contribution in [1.29, 1.82) is 0 Å². The van der Waals surface area contributed by atoms with Gasteiger partial charge in [-0.25, -0.2) is 19.3 Å². The Morgan fingerprint density at radius 2 is 1.85 bits per heavy atom. The van der Waals surface area contributed by atoms with Crippen molar-refractivity contribution in [2.24, 2.45) is 0 Å². The molecule has 0 amide bonds. The molecule has 1 aliphatic carbocycles. The molecule has 0 aromatic carbocycles. The Kier molecular flexibility index (Phi) is 5.55. The number of aryl methyl sites for hydroxylation is 1. The molecule has 1 aliphatic rings. The third kappa shape index (κ3) is 3.87. The fourth-order valence-electron chi connectivity index (χ4n) is 3.82. The van der Waals surface area contributed by atoms with E-state index < -0.39 is 5.82 Å². The summed E-state index contributed by atoms with van der Waals surface area (Å²) < 4.78 is 16.4. The van der Waals surface area contributed by atoms with E-state index in [1.165, 1.54) is 6.20 Å². The zero-order valence-corrected chi connectivity index (χ0v) is 16.3. The Labute approximate surface area is 154 Å². The number of nitrogens with zero attached hydrogens (tertiary/aromatic N) is 5. The predicted octanol–water partition coefficient (Wildman–Crippen LogP) is 3.65. The van der Waals surface area contributed by atoms with Gasteiger partial charge in [0.05, 0.1) is 18.1 Å². The topological polar surface area (TPSA) is 58.9 Å². The summed E-state index contributed by atoms with van der Waals surface area (Å²) in [5.74, 6) is 0.919. The number of anilines is 1. The highest BCUT2D eigenvalue weighted by atomic mass is 19.1. The van der Waals surface area contributed by atoms with Gasteiger partial charge in [0, 0.05) is 18.1 Å². The highest BCUT2D eigenvalue weighted by Crippen LogP contribution is 2.27. The Morgan fingerprint density at radius 3 is 2.46 bits per heavy atom. The molecule has 0 unspecified atom stereocenters. The molecule has 1 N–H and O–H groups in total. The second-order valence-electron chi connectivity index (χ2n) is 7.66. The van der Waals surface area contributed by atoms with Crippen LogP contribution in [-0.4, -0.2) is 50.6 Å². The molecule has 1 saturated carbocycles. The summed E-state index contributed by atoms with van der Waals surface area (Å²) >= 11 is 0. The van der Waals surface area contributed by atoms with Crippen molar-refractivity contribution >= 4 is 5.95 Å². The number of rotatable bonds is 5. The molecule has 7 heteroatoms. The van der Waals surface area contributed by atoms with Gasteiger partial charge in [-0.15, -0.1) is 0 Å². The van der Waals surface area contributed by atoms with Crippen LogP contribution >= 0.6 is 0 Å². The molecule has 0 bridgehead atoms. The van der Waals surface area contributed by atoms with E-state index >= 15 is 0 Å². The number of nitrogens with one attached hydrogen (secondary N) is 1. The van der Waals surface area contributed by atoms with Crippen LogP contribution < -0.4 is 5.32 Å². The molecular formula is C19H29FN6. The molecule has 6 nitrogen and oxygen atoms in total. The van der Waals surface area contributed by atoms with Gasteiger partial charge in [0.1, 0.15) is 11.5 Å². The van der Waals surface area contributed by atoms with Gasteiger partial charge < -0.3 is 14.8 Å². The van der Waals surface area contributed by atoms with E-state index in [4.69, 9.17) is 0 Å². The van der Waals surface area contributed by atoms with Crippen molar-refractivity contribution in [3.8, 4) is 11.4 Å². The van der Waals surface area contributed by atoms with Crippen LogP contribution in [0.2, 0.25) is 0 Å². The zero-order valence-electron chi connectivity index (χ0n) is 16.3. The standard InChI is InChI=1S/C19H29FN6/c1-12(2)26-13(3)21-11-17(26)18-16(20)10-22-19(24-18)23-14-6-8-15(9-7-14)25(4)5/h10-12,14-15H,6-9H2,1-5H3,(H,22,23,24). The van der Waals surface area contributed by atoms with Crippen molar-refractivity contribution < 1.29 is 4.39 Å². The summed E-state index contributed by atoms with van der Waals surface area (Å²) in [6.45, 7) is 6.03. The monoisotopic (exact) mass is 360 g/mol. The van der Waals surface area contributed by atoms with E-state index in [2.05, 4.69) is 53.1 Å². The summed E-state index contributed by atoms with van der Waals surface area (Å²) in [5, 5.41) is 3.40. The normalized spacial score (nSPS) is 20.8. The first-order valence-corrected chi connectivity index (χ1v) is 9.36. The average molecular weight is 360 g/mol. The minimum Gasteiger partial charge on any atom is -0.351 e. The van der Waals surface area contributed by atoms with Gasteiger partial charge in [-0.1, -0.05) is 0 Å². The molecule has 0 aliphatic heterocycles. The lowest BCUT2D eigenvalue weighted by molar-refractivity contribution is 0.221. The maximum Gasteiger partial charge on any atom is 0.223 e. The fourth-order valence-corrected chi connectivity index (χ4v) is 3.82. The van der Waals surface area contributed by atoms with Gasteiger partial charge in [0.25, 0.3) is 0 Å².